The molecule has 1 heterocycles. The van der Waals surface area contributed by atoms with Gasteiger partial charge in [-0.1, -0.05) is 12.1 Å². The fraction of sp³-hybridized carbons (Fsp3) is 0.154. The van der Waals surface area contributed by atoms with Crippen LogP contribution in [0.3, 0.4) is 0 Å². The SMILES string of the molecule is Cc1cc(C)c(Nc2ccccc2[N+](=O)[O-])cn1. The van der Waals surface area contributed by atoms with Gasteiger partial charge in [-0.25, -0.2) is 0 Å². The number of nitrogens with one attached hydrogen (secondary N) is 1. The molecule has 0 aliphatic rings. The van der Waals surface area contributed by atoms with Gasteiger partial charge in [0.2, 0.25) is 0 Å². The van der Waals surface area contributed by atoms with Crippen molar-refractivity contribution in [2.75, 3.05) is 5.32 Å². The molecule has 5 nitrogen and oxygen atoms in total. The number of anilines is 2. The first-order chi connectivity index (χ1) is 8.58. The van der Waals surface area contributed by atoms with Crippen molar-refractivity contribution in [2.24, 2.45) is 0 Å². The number of para-hydroxylation sites is 2. The third-order valence-electron chi connectivity index (χ3n) is 2.62. The van der Waals surface area contributed by atoms with Crippen LogP contribution in [0.1, 0.15) is 11.3 Å². The first-order valence-corrected chi connectivity index (χ1v) is 5.51. The molecule has 0 saturated heterocycles. The summed E-state index contributed by atoms with van der Waals surface area (Å²) in [4.78, 5) is 14.7. The molecule has 5 heteroatoms. The summed E-state index contributed by atoms with van der Waals surface area (Å²) < 4.78 is 0. The standard InChI is InChI=1S/C13H13N3O2/c1-9-7-10(2)14-8-12(9)15-11-5-3-4-6-13(11)16(17)18/h3-8,15H,1-2H3. The molecule has 0 aliphatic carbocycles. The molecule has 2 rings (SSSR count). The number of benzene rings is 1. The van der Waals surface area contributed by atoms with Crippen molar-refractivity contribution in [1.29, 1.82) is 0 Å². The van der Waals surface area contributed by atoms with Crippen LogP contribution in [0.25, 0.3) is 0 Å². The van der Waals surface area contributed by atoms with E-state index in [1.54, 1.807) is 24.4 Å². The van der Waals surface area contributed by atoms with E-state index >= 15 is 0 Å². The lowest BCUT2D eigenvalue weighted by atomic mass is 10.2. The molecule has 2 aromatic rings. The Morgan fingerprint density at radius 1 is 1.22 bits per heavy atom. The Kier molecular flexibility index (Phi) is 3.23. The van der Waals surface area contributed by atoms with Crippen molar-refractivity contribution in [2.45, 2.75) is 13.8 Å². The minimum absolute atomic E-state index is 0.0532. The van der Waals surface area contributed by atoms with E-state index in [0.29, 0.717) is 5.69 Å². The lowest BCUT2D eigenvalue weighted by Crippen LogP contribution is -1.99. The van der Waals surface area contributed by atoms with E-state index in [1.165, 1.54) is 6.07 Å². The minimum Gasteiger partial charge on any atom is -0.348 e. The molecule has 0 saturated carbocycles. The molecule has 0 atom stereocenters. The van der Waals surface area contributed by atoms with Crippen LogP contribution in [0, 0.1) is 24.0 Å². The van der Waals surface area contributed by atoms with Crippen molar-refractivity contribution in [3.8, 4) is 0 Å². The number of nitrogens with zero attached hydrogens (tertiary/aromatic N) is 2. The Balaban J connectivity index is 2.37. The molecule has 0 amide bonds. The predicted octanol–water partition coefficient (Wildman–Crippen LogP) is 3.35. The van der Waals surface area contributed by atoms with E-state index in [1.807, 2.05) is 19.9 Å². The number of rotatable bonds is 3. The summed E-state index contributed by atoms with van der Waals surface area (Å²) in [6, 6.07) is 8.48. The van der Waals surface area contributed by atoms with E-state index in [4.69, 9.17) is 0 Å². The van der Waals surface area contributed by atoms with Crippen LogP contribution < -0.4 is 5.32 Å². The smallest absolute Gasteiger partial charge is 0.292 e. The molecule has 1 N–H and O–H groups in total. The first kappa shape index (κ1) is 12.0. The highest BCUT2D eigenvalue weighted by Crippen LogP contribution is 2.28. The Bertz CT molecular complexity index is 597. The zero-order valence-electron chi connectivity index (χ0n) is 10.2. The van der Waals surface area contributed by atoms with Crippen LogP contribution in [0.5, 0.6) is 0 Å². The van der Waals surface area contributed by atoms with Crippen molar-refractivity contribution in [3.63, 3.8) is 0 Å². The second kappa shape index (κ2) is 4.83. The summed E-state index contributed by atoms with van der Waals surface area (Å²) in [6.45, 7) is 3.84. The van der Waals surface area contributed by atoms with E-state index in [0.717, 1.165) is 16.9 Å². The Morgan fingerprint density at radius 3 is 2.61 bits per heavy atom. The second-order valence-electron chi connectivity index (χ2n) is 4.04. The van der Waals surface area contributed by atoms with E-state index in [2.05, 4.69) is 10.3 Å². The van der Waals surface area contributed by atoms with Gasteiger partial charge < -0.3 is 5.32 Å². The van der Waals surface area contributed by atoms with E-state index in [9.17, 15) is 10.1 Å². The Labute approximate surface area is 105 Å². The van der Waals surface area contributed by atoms with Crippen molar-refractivity contribution < 1.29 is 4.92 Å². The van der Waals surface area contributed by atoms with Crippen molar-refractivity contribution >= 4 is 17.1 Å². The highest BCUT2D eigenvalue weighted by atomic mass is 16.6. The number of nitro benzene ring substituents is 1. The lowest BCUT2D eigenvalue weighted by Gasteiger charge is -2.09. The van der Waals surface area contributed by atoms with Crippen LogP contribution in [0.4, 0.5) is 17.1 Å². The normalized spacial score (nSPS) is 10.1. The molecule has 0 bridgehead atoms. The maximum absolute atomic E-state index is 10.9. The van der Waals surface area contributed by atoms with Crippen molar-refractivity contribution in [3.05, 3.63) is 57.9 Å². The zero-order chi connectivity index (χ0) is 13.1. The molecule has 0 fully saturated rings. The van der Waals surface area contributed by atoms with Crippen LogP contribution in [-0.4, -0.2) is 9.91 Å². The average Bonchev–Trinajstić information content (AvgIpc) is 2.33. The van der Waals surface area contributed by atoms with Gasteiger partial charge in [0.05, 0.1) is 16.8 Å². The van der Waals surface area contributed by atoms with Gasteiger partial charge in [0.25, 0.3) is 5.69 Å². The largest absolute Gasteiger partial charge is 0.348 e. The topological polar surface area (TPSA) is 68.1 Å². The molecule has 18 heavy (non-hydrogen) atoms. The van der Waals surface area contributed by atoms with E-state index in [-0.39, 0.29) is 5.69 Å². The van der Waals surface area contributed by atoms with Crippen LogP contribution >= 0.6 is 0 Å². The average molecular weight is 243 g/mol. The van der Waals surface area contributed by atoms with Gasteiger partial charge >= 0.3 is 0 Å². The van der Waals surface area contributed by atoms with Gasteiger partial charge in [-0.2, -0.15) is 0 Å². The van der Waals surface area contributed by atoms with Crippen LogP contribution in [-0.2, 0) is 0 Å². The fourth-order valence-corrected chi connectivity index (χ4v) is 1.71. The molecular weight excluding hydrogens is 230 g/mol. The lowest BCUT2D eigenvalue weighted by molar-refractivity contribution is -0.383. The quantitative estimate of drug-likeness (QED) is 0.663. The minimum atomic E-state index is -0.403. The molecule has 1 aromatic heterocycles. The van der Waals surface area contributed by atoms with Gasteiger partial charge in [-0.3, -0.25) is 15.1 Å². The third-order valence-corrected chi connectivity index (χ3v) is 2.62. The van der Waals surface area contributed by atoms with Gasteiger partial charge in [0.1, 0.15) is 5.69 Å². The number of nitro groups is 1. The maximum atomic E-state index is 10.9. The molecule has 0 unspecified atom stereocenters. The fourth-order valence-electron chi connectivity index (χ4n) is 1.71. The first-order valence-electron chi connectivity index (χ1n) is 5.51. The number of hydrogen-bond donors (Lipinski definition) is 1. The number of aryl methyl sites for hydroxylation is 2. The molecule has 0 radical (unpaired) electrons. The second-order valence-corrected chi connectivity index (χ2v) is 4.04. The summed E-state index contributed by atoms with van der Waals surface area (Å²) in [5.41, 5.74) is 3.21. The zero-order valence-corrected chi connectivity index (χ0v) is 10.2. The summed E-state index contributed by atoms with van der Waals surface area (Å²) >= 11 is 0. The van der Waals surface area contributed by atoms with Crippen molar-refractivity contribution in [1.82, 2.24) is 4.98 Å². The van der Waals surface area contributed by atoms with Gasteiger partial charge in [0, 0.05) is 11.8 Å². The maximum Gasteiger partial charge on any atom is 0.292 e. The Morgan fingerprint density at radius 2 is 1.94 bits per heavy atom. The number of pyridine rings is 1. The molecule has 0 spiro atoms. The van der Waals surface area contributed by atoms with E-state index < -0.39 is 4.92 Å². The molecule has 92 valence electrons. The number of hydrogen-bond acceptors (Lipinski definition) is 4. The number of aromatic nitrogens is 1. The summed E-state index contributed by atoms with van der Waals surface area (Å²) in [7, 11) is 0. The van der Waals surface area contributed by atoms with Crippen LogP contribution in [0.2, 0.25) is 0 Å². The molecule has 0 aliphatic heterocycles. The predicted molar refractivity (Wildman–Crippen MR) is 70.1 cm³/mol. The summed E-state index contributed by atoms with van der Waals surface area (Å²) in [5, 5.41) is 13.9. The van der Waals surface area contributed by atoms with Gasteiger partial charge in [-0.05, 0) is 31.5 Å². The van der Waals surface area contributed by atoms with Gasteiger partial charge in [0.15, 0.2) is 0 Å². The molecular formula is C13H13N3O2. The van der Waals surface area contributed by atoms with Crippen LogP contribution in [0.15, 0.2) is 36.5 Å². The third kappa shape index (κ3) is 2.45. The highest BCUT2D eigenvalue weighted by Gasteiger charge is 2.13. The summed E-state index contributed by atoms with van der Waals surface area (Å²) in [6.07, 6.45) is 1.68. The monoisotopic (exact) mass is 243 g/mol. The highest BCUT2D eigenvalue weighted by molar-refractivity contribution is 5.70. The summed E-state index contributed by atoms with van der Waals surface area (Å²) in [5.74, 6) is 0. The molecule has 1 aromatic carbocycles. The Hall–Kier alpha value is -2.43. The van der Waals surface area contributed by atoms with Gasteiger partial charge in [-0.15, -0.1) is 0 Å².